The number of carbonyl (C=O) groups is 4. The summed E-state index contributed by atoms with van der Waals surface area (Å²) < 4.78 is 5.11. The van der Waals surface area contributed by atoms with Crippen molar-refractivity contribution in [3.05, 3.63) is 0 Å². The number of unbranched alkanes of at least 4 members (excludes halogenated alkanes) is 7. The van der Waals surface area contributed by atoms with Crippen LogP contribution >= 0.6 is 0 Å². The van der Waals surface area contributed by atoms with Gasteiger partial charge in [0.15, 0.2) is 18.1 Å². The van der Waals surface area contributed by atoms with Crippen LogP contribution in [0.25, 0.3) is 0 Å². The van der Waals surface area contributed by atoms with Gasteiger partial charge in [-0.1, -0.05) is 58.3 Å². The summed E-state index contributed by atoms with van der Waals surface area (Å²) in [5, 5.41) is 34.4. The maximum Gasteiger partial charge on any atom is 0.249 e. The largest absolute Gasteiger partial charge is 0.387 e. The number of hydrogen-bond donors (Lipinski definition) is 7. The zero-order valence-corrected chi connectivity index (χ0v) is 20.7. The highest BCUT2D eigenvalue weighted by Gasteiger charge is 2.46. The van der Waals surface area contributed by atoms with Gasteiger partial charge < -0.3 is 42.2 Å². The highest BCUT2D eigenvalue weighted by Crippen LogP contribution is 2.20. The van der Waals surface area contributed by atoms with Crippen LogP contribution in [0.15, 0.2) is 0 Å². The van der Waals surface area contributed by atoms with E-state index < -0.39 is 72.7 Å². The zero-order valence-electron chi connectivity index (χ0n) is 20.7. The first kappa shape index (κ1) is 30.9. The van der Waals surface area contributed by atoms with E-state index in [9.17, 15) is 34.5 Å². The van der Waals surface area contributed by atoms with Crippen molar-refractivity contribution in [3.8, 4) is 0 Å². The maximum absolute atomic E-state index is 12.4. The lowest BCUT2D eigenvalue weighted by molar-refractivity contribution is -0.226. The molecule has 0 aromatic carbocycles. The van der Waals surface area contributed by atoms with Gasteiger partial charge in [-0.25, -0.2) is 0 Å². The van der Waals surface area contributed by atoms with Crippen molar-refractivity contribution in [2.24, 2.45) is 11.5 Å². The lowest BCUT2D eigenvalue weighted by atomic mass is 9.97. The molecule has 1 fully saturated rings. The Morgan fingerprint density at radius 1 is 0.914 bits per heavy atom. The first-order valence-electron chi connectivity index (χ1n) is 12.3. The number of carbonyl (C=O) groups excluding carboxylic acids is 4. The number of rotatable bonds is 16. The molecule has 0 bridgehead atoms. The number of nitrogens with one attached hydrogen (secondary N) is 2. The molecule has 0 radical (unpaired) electrons. The van der Waals surface area contributed by atoms with Crippen molar-refractivity contribution in [1.29, 1.82) is 0 Å². The predicted octanol–water partition coefficient (Wildman–Crippen LogP) is -1.28. The van der Waals surface area contributed by atoms with E-state index in [1.165, 1.54) is 32.6 Å². The standard InChI is InChI=1S/C23H42N4O8/c1-3-4-5-6-7-8-9-10-11-14(24)22(34)26-15(13(2)28)12-16(29)27-23-19(32)17(30)18(31)20(35-23)21(25)33/h14-15,17-20,23,30-32H,3-12,24H2,1-2H3,(H2,25,33)(H,26,34)(H,27,29)/t14?,15?,17-,18+,19?,20?,23+/m0/s1. The average molecular weight is 503 g/mol. The van der Waals surface area contributed by atoms with Crippen molar-refractivity contribution in [3.63, 3.8) is 0 Å². The molecule has 9 N–H and O–H groups in total. The molecule has 12 nitrogen and oxygen atoms in total. The van der Waals surface area contributed by atoms with Crippen molar-refractivity contribution in [2.75, 3.05) is 0 Å². The zero-order chi connectivity index (χ0) is 26.5. The number of ketones is 1. The van der Waals surface area contributed by atoms with Gasteiger partial charge >= 0.3 is 0 Å². The molecule has 4 unspecified atom stereocenters. The van der Waals surface area contributed by atoms with E-state index in [2.05, 4.69) is 17.6 Å². The summed E-state index contributed by atoms with van der Waals surface area (Å²) in [7, 11) is 0. The Morgan fingerprint density at radius 3 is 2.03 bits per heavy atom. The molecular weight excluding hydrogens is 460 g/mol. The van der Waals surface area contributed by atoms with Crippen molar-refractivity contribution < 1.29 is 39.2 Å². The lowest BCUT2D eigenvalue weighted by Gasteiger charge is -2.39. The summed E-state index contributed by atoms with van der Waals surface area (Å²) in [6.07, 6.45) is 0.259. The minimum Gasteiger partial charge on any atom is -0.387 e. The average Bonchev–Trinajstić information content (AvgIpc) is 2.80. The van der Waals surface area contributed by atoms with Crippen LogP contribution in [0.4, 0.5) is 0 Å². The van der Waals surface area contributed by atoms with E-state index in [-0.39, 0.29) is 0 Å². The first-order chi connectivity index (χ1) is 16.5. The number of nitrogens with two attached hydrogens (primary N) is 2. The summed E-state index contributed by atoms with van der Waals surface area (Å²) in [6, 6.07) is -1.99. The second-order valence-electron chi connectivity index (χ2n) is 9.16. The Balaban J connectivity index is 2.50. The van der Waals surface area contributed by atoms with E-state index >= 15 is 0 Å². The Kier molecular flexibility index (Phi) is 13.9. The fourth-order valence-corrected chi connectivity index (χ4v) is 3.84. The summed E-state index contributed by atoms with van der Waals surface area (Å²) in [5.74, 6) is -2.94. The molecule has 1 heterocycles. The van der Waals surface area contributed by atoms with E-state index in [0.29, 0.717) is 6.42 Å². The van der Waals surface area contributed by atoms with Crippen LogP contribution in [-0.4, -0.2) is 81.6 Å². The third-order valence-corrected chi connectivity index (χ3v) is 6.10. The third kappa shape index (κ3) is 10.6. The van der Waals surface area contributed by atoms with Gasteiger partial charge in [0.1, 0.15) is 18.3 Å². The second-order valence-corrected chi connectivity index (χ2v) is 9.16. The van der Waals surface area contributed by atoms with E-state index in [1.807, 2.05) is 0 Å². The van der Waals surface area contributed by atoms with Gasteiger partial charge in [-0.2, -0.15) is 0 Å². The van der Waals surface area contributed by atoms with Crippen LogP contribution in [0.5, 0.6) is 0 Å². The van der Waals surface area contributed by atoms with Gasteiger partial charge in [0.05, 0.1) is 18.5 Å². The van der Waals surface area contributed by atoms with Crippen LogP contribution in [0, 0.1) is 0 Å². The molecule has 0 aromatic rings. The van der Waals surface area contributed by atoms with E-state index in [0.717, 1.165) is 25.7 Å². The van der Waals surface area contributed by atoms with Gasteiger partial charge in [-0.05, 0) is 13.3 Å². The summed E-state index contributed by atoms with van der Waals surface area (Å²) in [6.45, 7) is 3.38. The molecule has 0 aliphatic carbocycles. The number of aliphatic hydroxyl groups excluding tert-OH is 3. The molecule has 1 rings (SSSR count). The van der Waals surface area contributed by atoms with E-state index in [1.54, 1.807) is 0 Å². The van der Waals surface area contributed by atoms with Crippen LogP contribution < -0.4 is 22.1 Å². The Hall–Kier alpha value is -2.12. The molecule has 7 atom stereocenters. The molecule has 1 aliphatic heterocycles. The van der Waals surface area contributed by atoms with Crippen molar-refractivity contribution in [1.82, 2.24) is 10.6 Å². The fourth-order valence-electron chi connectivity index (χ4n) is 3.84. The smallest absolute Gasteiger partial charge is 0.249 e. The number of hydrogen-bond acceptors (Lipinski definition) is 9. The minimum atomic E-state index is -1.80. The van der Waals surface area contributed by atoms with E-state index in [4.69, 9.17) is 16.2 Å². The van der Waals surface area contributed by atoms with Gasteiger partial charge in [-0.15, -0.1) is 0 Å². The van der Waals surface area contributed by atoms with Gasteiger partial charge in [0.25, 0.3) is 0 Å². The number of Topliss-reactive ketones (excluding diaryl/α,β-unsaturated/α-hetero) is 1. The van der Waals surface area contributed by atoms with Crippen LogP contribution in [0.2, 0.25) is 0 Å². The number of aliphatic hydroxyl groups is 3. The third-order valence-electron chi connectivity index (χ3n) is 6.10. The number of ether oxygens (including phenoxy) is 1. The molecule has 0 saturated carbocycles. The molecule has 0 aromatic heterocycles. The Bertz CT molecular complexity index is 707. The highest BCUT2D eigenvalue weighted by molar-refractivity contribution is 5.93. The van der Waals surface area contributed by atoms with Crippen molar-refractivity contribution in [2.45, 2.75) is 121 Å². The molecular formula is C23H42N4O8. The monoisotopic (exact) mass is 502 g/mol. The molecule has 202 valence electrons. The number of amides is 3. The molecule has 0 spiro atoms. The lowest BCUT2D eigenvalue weighted by Crippen LogP contribution is -2.65. The van der Waals surface area contributed by atoms with Crippen molar-refractivity contribution >= 4 is 23.5 Å². The van der Waals surface area contributed by atoms with Gasteiger partial charge in [-0.3, -0.25) is 19.2 Å². The summed E-state index contributed by atoms with van der Waals surface area (Å²) in [4.78, 5) is 48.2. The molecule has 35 heavy (non-hydrogen) atoms. The number of primary amides is 1. The van der Waals surface area contributed by atoms with Crippen LogP contribution in [0.1, 0.15) is 78.1 Å². The summed E-state index contributed by atoms with van der Waals surface area (Å²) >= 11 is 0. The quantitative estimate of drug-likeness (QED) is 0.125. The highest BCUT2D eigenvalue weighted by atomic mass is 16.6. The molecule has 1 saturated heterocycles. The Labute approximate surface area is 206 Å². The minimum absolute atomic E-state index is 0.453. The molecule has 1 aliphatic rings. The molecule has 3 amide bonds. The predicted molar refractivity (Wildman–Crippen MR) is 126 cm³/mol. The molecule has 12 heteroatoms. The van der Waals surface area contributed by atoms with Crippen LogP contribution in [-0.2, 0) is 23.9 Å². The Morgan fingerprint density at radius 2 is 1.49 bits per heavy atom. The first-order valence-corrected chi connectivity index (χ1v) is 12.3. The fraction of sp³-hybridized carbons (Fsp3) is 0.826. The summed E-state index contributed by atoms with van der Waals surface area (Å²) in [5.41, 5.74) is 11.0. The normalized spacial score (nSPS) is 25.9. The second kappa shape index (κ2) is 15.8. The van der Waals surface area contributed by atoms with Gasteiger partial charge in [0, 0.05) is 0 Å². The SMILES string of the molecule is CCCCCCCCCCC(N)C(=O)NC(CC(=O)N[C@@H]1OC(C(N)=O)[C@H](O)[C@H](O)C1O)C(C)=O. The maximum atomic E-state index is 12.4. The van der Waals surface area contributed by atoms with Crippen LogP contribution in [0.3, 0.4) is 0 Å². The topological polar surface area (TPSA) is 214 Å². The van der Waals surface area contributed by atoms with Gasteiger partial charge in [0.2, 0.25) is 17.7 Å².